The largest absolute Gasteiger partial charge is 0.352 e. The fourth-order valence-electron chi connectivity index (χ4n) is 4.34. The summed E-state index contributed by atoms with van der Waals surface area (Å²) in [6, 6.07) is 8.18. The molecule has 2 saturated heterocycles. The number of nitrogens with one attached hydrogen (secondary N) is 1. The monoisotopic (exact) mass is 371 g/mol. The molecule has 2 aliphatic rings. The zero-order valence-corrected chi connectivity index (χ0v) is 17.3. The van der Waals surface area contributed by atoms with E-state index in [4.69, 9.17) is 0 Å². The summed E-state index contributed by atoms with van der Waals surface area (Å²) < 4.78 is 0. The number of hydrogen-bond donors (Lipinski definition) is 1. The van der Waals surface area contributed by atoms with Crippen molar-refractivity contribution in [2.24, 2.45) is 11.8 Å². The molecule has 1 amide bonds. The Labute approximate surface area is 165 Å². The van der Waals surface area contributed by atoms with E-state index in [2.05, 4.69) is 41.1 Å². The van der Waals surface area contributed by atoms with Crippen LogP contribution in [0.2, 0.25) is 0 Å². The van der Waals surface area contributed by atoms with Crippen LogP contribution in [0.5, 0.6) is 0 Å². The molecule has 3 rings (SSSR count). The molecule has 27 heavy (non-hydrogen) atoms. The van der Waals surface area contributed by atoms with E-state index in [0.29, 0.717) is 0 Å². The summed E-state index contributed by atoms with van der Waals surface area (Å²) in [6.07, 6.45) is 6.32. The van der Waals surface area contributed by atoms with Crippen molar-refractivity contribution < 1.29 is 4.79 Å². The van der Waals surface area contributed by atoms with Crippen molar-refractivity contribution in [3.05, 3.63) is 35.4 Å². The molecule has 150 valence electrons. The molecule has 2 heterocycles. The molecule has 4 heteroatoms. The van der Waals surface area contributed by atoms with Gasteiger partial charge in [-0.15, -0.1) is 0 Å². The second kappa shape index (κ2) is 10.2. The van der Waals surface area contributed by atoms with Gasteiger partial charge in [0, 0.05) is 25.2 Å². The van der Waals surface area contributed by atoms with Gasteiger partial charge in [-0.2, -0.15) is 0 Å². The average Bonchev–Trinajstić information content (AvgIpc) is 2.67. The summed E-state index contributed by atoms with van der Waals surface area (Å²) >= 11 is 0. The highest BCUT2D eigenvalue weighted by Crippen LogP contribution is 2.18. The van der Waals surface area contributed by atoms with Gasteiger partial charge in [0.05, 0.1) is 0 Å². The molecule has 0 aromatic heterocycles. The third-order valence-electron chi connectivity index (χ3n) is 6.18. The molecule has 1 aromatic carbocycles. The van der Waals surface area contributed by atoms with E-state index < -0.39 is 0 Å². The topological polar surface area (TPSA) is 35.6 Å². The number of rotatable bonds is 7. The van der Waals surface area contributed by atoms with Crippen LogP contribution in [0.25, 0.3) is 0 Å². The van der Waals surface area contributed by atoms with Crippen molar-refractivity contribution in [1.82, 2.24) is 15.1 Å². The fourth-order valence-corrected chi connectivity index (χ4v) is 4.34. The molecule has 1 N–H and O–H groups in total. The first-order chi connectivity index (χ1) is 13.1. The molecule has 4 nitrogen and oxygen atoms in total. The van der Waals surface area contributed by atoms with E-state index >= 15 is 0 Å². The van der Waals surface area contributed by atoms with E-state index in [1.165, 1.54) is 57.4 Å². The van der Waals surface area contributed by atoms with Gasteiger partial charge in [-0.05, 0) is 87.8 Å². The number of piperidine rings is 2. The van der Waals surface area contributed by atoms with Crippen LogP contribution < -0.4 is 5.32 Å². The quantitative estimate of drug-likeness (QED) is 0.741. The van der Waals surface area contributed by atoms with Crippen LogP contribution in [0.3, 0.4) is 0 Å². The maximum absolute atomic E-state index is 12.3. The molecule has 2 aliphatic heterocycles. The predicted octanol–water partition coefficient (Wildman–Crippen LogP) is 3.77. The van der Waals surface area contributed by atoms with Gasteiger partial charge in [0.25, 0.3) is 5.91 Å². The van der Waals surface area contributed by atoms with Crippen LogP contribution in [0, 0.1) is 11.8 Å². The third kappa shape index (κ3) is 6.62. The van der Waals surface area contributed by atoms with Gasteiger partial charge in [-0.3, -0.25) is 9.69 Å². The number of nitrogens with zero attached hydrogens (tertiary/aromatic N) is 2. The summed E-state index contributed by atoms with van der Waals surface area (Å²) in [4.78, 5) is 17.4. The van der Waals surface area contributed by atoms with Crippen molar-refractivity contribution in [1.29, 1.82) is 0 Å². The molecule has 0 aliphatic carbocycles. The van der Waals surface area contributed by atoms with Crippen LogP contribution in [0.15, 0.2) is 24.3 Å². The lowest BCUT2D eigenvalue weighted by Gasteiger charge is -2.30. The van der Waals surface area contributed by atoms with Crippen molar-refractivity contribution >= 4 is 5.91 Å². The maximum atomic E-state index is 12.3. The lowest BCUT2D eigenvalue weighted by atomic mass is 9.99. The number of carbonyl (C=O) groups is 1. The Bertz CT molecular complexity index is 578. The summed E-state index contributed by atoms with van der Waals surface area (Å²) in [5.41, 5.74) is 2.08. The average molecular weight is 372 g/mol. The minimum Gasteiger partial charge on any atom is -0.352 e. The molecule has 0 radical (unpaired) electrons. The molecule has 1 aromatic rings. The van der Waals surface area contributed by atoms with Gasteiger partial charge in [-0.1, -0.05) is 26.0 Å². The smallest absolute Gasteiger partial charge is 0.251 e. The Hall–Kier alpha value is -1.39. The zero-order chi connectivity index (χ0) is 19.1. The van der Waals surface area contributed by atoms with E-state index in [0.717, 1.165) is 43.5 Å². The molecule has 0 unspecified atom stereocenters. The normalized spacial score (nSPS) is 22.7. The Kier molecular flexibility index (Phi) is 7.71. The van der Waals surface area contributed by atoms with Crippen LogP contribution in [0.1, 0.15) is 61.9 Å². The van der Waals surface area contributed by atoms with E-state index in [1.54, 1.807) is 0 Å². The molecule has 0 bridgehead atoms. The summed E-state index contributed by atoms with van der Waals surface area (Å²) in [5, 5.41) is 3.08. The summed E-state index contributed by atoms with van der Waals surface area (Å²) in [6.45, 7) is 12.4. The maximum Gasteiger partial charge on any atom is 0.251 e. The molecule has 1 atom stereocenters. The SMILES string of the molecule is CC1CCN(CCCNC(=O)c2ccc(CN3CCC[C@H](C)C3)cc2)CC1. The Morgan fingerprint density at radius 1 is 1.00 bits per heavy atom. The number of likely N-dealkylation sites (tertiary alicyclic amines) is 2. The summed E-state index contributed by atoms with van der Waals surface area (Å²) in [7, 11) is 0. The minimum absolute atomic E-state index is 0.0559. The standard InChI is InChI=1S/C23H37N3O/c1-19-10-15-25(16-11-19)14-4-12-24-23(27)22-8-6-21(7-9-22)18-26-13-3-5-20(2)17-26/h6-9,19-20H,3-5,10-18H2,1-2H3,(H,24,27)/t20-/m0/s1. The number of benzene rings is 1. The van der Waals surface area contributed by atoms with Crippen molar-refractivity contribution in [2.75, 3.05) is 39.3 Å². The second-order valence-electron chi connectivity index (χ2n) is 8.81. The molecule has 0 spiro atoms. The fraction of sp³-hybridized carbons (Fsp3) is 0.696. The Morgan fingerprint density at radius 3 is 2.44 bits per heavy atom. The first kappa shape index (κ1) is 20.3. The minimum atomic E-state index is 0.0559. The van der Waals surface area contributed by atoms with E-state index in [-0.39, 0.29) is 5.91 Å². The number of hydrogen-bond acceptors (Lipinski definition) is 3. The van der Waals surface area contributed by atoms with Crippen molar-refractivity contribution in [2.45, 2.75) is 52.5 Å². The lowest BCUT2D eigenvalue weighted by Crippen LogP contribution is -2.35. The van der Waals surface area contributed by atoms with Gasteiger partial charge < -0.3 is 10.2 Å². The molecular formula is C23H37N3O. The molecular weight excluding hydrogens is 334 g/mol. The first-order valence-corrected chi connectivity index (χ1v) is 10.9. The summed E-state index contributed by atoms with van der Waals surface area (Å²) in [5.74, 6) is 1.74. The number of amides is 1. The van der Waals surface area contributed by atoms with E-state index in [9.17, 15) is 4.79 Å². The van der Waals surface area contributed by atoms with Crippen LogP contribution in [-0.4, -0.2) is 55.0 Å². The highest BCUT2D eigenvalue weighted by Gasteiger charge is 2.17. The van der Waals surface area contributed by atoms with Crippen LogP contribution in [0.4, 0.5) is 0 Å². The lowest BCUT2D eigenvalue weighted by molar-refractivity contribution is 0.0950. The van der Waals surface area contributed by atoms with E-state index in [1.807, 2.05) is 12.1 Å². The van der Waals surface area contributed by atoms with Crippen LogP contribution >= 0.6 is 0 Å². The number of carbonyl (C=O) groups excluding carboxylic acids is 1. The van der Waals surface area contributed by atoms with Gasteiger partial charge in [0.1, 0.15) is 0 Å². The van der Waals surface area contributed by atoms with Gasteiger partial charge in [0.2, 0.25) is 0 Å². The Balaban J connectivity index is 1.36. The molecule has 0 saturated carbocycles. The Morgan fingerprint density at radius 2 is 1.74 bits per heavy atom. The second-order valence-corrected chi connectivity index (χ2v) is 8.81. The molecule has 2 fully saturated rings. The zero-order valence-electron chi connectivity index (χ0n) is 17.3. The first-order valence-electron chi connectivity index (χ1n) is 10.9. The third-order valence-corrected chi connectivity index (χ3v) is 6.18. The van der Waals surface area contributed by atoms with Crippen molar-refractivity contribution in [3.8, 4) is 0 Å². The highest BCUT2D eigenvalue weighted by atomic mass is 16.1. The predicted molar refractivity (Wildman–Crippen MR) is 112 cm³/mol. The van der Waals surface area contributed by atoms with Gasteiger partial charge in [0.15, 0.2) is 0 Å². The van der Waals surface area contributed by atoms with Gasteiger partial charge in [-0.25, -0.2) is 0 Å². The van der Waals surface area contributed by atoms with Crippen LogP contribution in [-0.2, 0) is 6.54 Å². The van der Waals surface area contributed by atoms with Gasteiger partial charge >= 0.3 is 0 Å². The van der Waals surface area contributed by atoms with Crippen molar-refractivity contribution in [3.63, 3.8) is 0 Å². The highest BCUT2D eigenvalue weighted by molar-refractivity contribution is 5.94.